The van der Waals surface area contributed by atoms with Crippen molar-refractivity contribution in [3.05, 3.63) is 0 Å². The summed E-state index contributed by atoms with van der Waals surface area (Å²) < 4.78 is 0. The summed E-state index contributed by atoms with van der Waals surface area (Å²) in [4.78, 5) is 13.9. The molecule has 0 aliphatic carbocycles. The van der Waals surface area contributed by atoms with Gasteiger partial charge in [0.2, 0.25) is 5.91 Å². The molecule has 0 aromatic rings. The minimum atomic E-state index is 0.0891. The van der Waals surface area contributed by atoms with Gasteiger partial charge in [-0.2, -0.15) is 0 Å². The molecule has 0 aromatic carbocycles. The second-order valence-corrected chi connectivity index (χ2v) is 4.94. The van der Waals surface area contributed by atoms with Gasteiger partial charge in [-0.15, -0.1) is 0 Å². The minimum Gasteiger partial charge on any atom is -0.393 e. The third-order valence-corrected chi connectivity index (χ3v) is 3.76. The number of thiocarbonyl (C=S) groups is 1. The van der Waals surface area contributed by atoms with Crippen LogP contribution < -0.4 is 5.73 Å². The quantitative estimate of drug-likeness (QED) is 0.745. The maximum atomic E-state index is 11.7. The maximum absolute atomic E-state index is 11.7. The van der Waals surface area contributed by atoms with Gasteiger partial charge in [0, 0.05) is 13.1 Å². The fraction of sp³-hybridized carbons (Fsp3) is 0.818. The molecule has 1 heterocycles. The molecule has 0 bridgehead atoms. The van der Waals surface area contributed by atoms with Crippen LogP contribution in [0.15, 0.2) is 0 Å². The molecule has 1 amide bonds. The van der Waals surface area contributed by atoms with Gasteiger partial charge in [-0.05, 0) is 24.7 Å². The van der Waals surface area contributed by atoms with Crippen molar-refractivity contribution < 1.29 is 4.79 Å². The van der Waals surface area contributed by atoms with Gasteiger partial charge in [0.05, 0.1) is 11.4 Å². The number of rotatable bonds is 4. The Morgan fingerprint density at radius 3 is 2.47 bits per heavy atom. The summed E-state index contributed by atoms with van der Waals surface area (Å²) in [5.74, 6) is 0.0891. The van der Waals surface area contributed by atoms with Gasteiger partial charge in [-0.25, -0.2) is 0 Å². The largest absolute Gasteiger partial charge is 0.393 e. The molecule has 1 rings (SSSR count). The molecule has 2 N–H and O–H groups in total. The van der Waals surface area contributed by atoms with Crippen molar-refractivity contribution in [2.75, 3.05) is 13.1 Å². The lowest BCUT2D eigenvalue weighted by molar-refractivity contribution is -0.129. The monoisotopic (exact) mass is 228 g/mol. The average Bonchev–Trinajstić information content (AvgIpc) is 2.62. The number of hydrogen-bond donors (Lipinski definition) is 1. The van der Waals surface area contributed by atoms with E-state index in [0.717, 1.165) is 32.4 Å². The van der Waals surface area contributed by atoms with E-state index in [1.54, 1.807) is 0 Å². The molecule has 86 valence electrons. The third-order valence-electron chi connectivity index (χ3n) is 3.62. The number of likely N-dealkylation sites (tertiary alicyclic amines) is 1. The number of hydrogen-bond acceptors (Lipinski definition) is 2. The van der Waals surface area contributed by atoms with Gasteiger partial charge < -0.3 is 10.6 Å². The normalized spacial score (nSPS) is 19.2. The summed E-state index contributed by atoms with van der Waals surface area (Å²) in [5, 5.41) is 0. The molecule has 0 saturated carbocycles. The second kappa shape index (κ2) is 4.92. The Morgan fingerprint density at radius 1 is 1.47 bits per heavy atom. The van der Waals surface area contributed by atoms with E-state index < -0.39 is 0 Å². The molecule has 3 nitrogen and oxygen atoms in total. The van der Waals surface area contributed by atoms with Gasteiger partial charge in [0.25, 0.3) is 0 Å². The van der Waals surface area contributed by atoms with E-state index in [-0.39, 0.29) is 12.3 Å². The smallest absolute Gasteiger partial charge is 0.229 e. The summed E-state index contributed by atoms with van der Waals surface area (Å²) in [5.41, 5.74) is 5.72. The zero-order valence-corrected chi connectivity index (χ0v) is 10.4. The first-order valence-electron chi connectivity index (χ1n) is 5.59. The van der Waals surface area contributed by atoms with Gasteiger partial charge in [0.15, 0.2) is 0 Å². The minimum absolute atomic E-state index is 0.0891. The number of nitrogens with zero attached hydrogens (tertiary/aromatic N) is 1. The Hall–Kier alpha value is -0.640. The van der Waals surface area contributed by atoms with Crippen molar-refractivity contribution in [1.82, 2.24) is 4.90 Å². The van der Waals surface area contributed by atoms with Gasteiger partial charge in [-0.1, -0.05) is 26.1 Å². The SMILES string of the molecule is CCC1(CC)CCN(C(=O)CC(N)=S)C1. The third kappa shape index (κ3) is 2.91. The van der Waals surface area contributed by atoms with E-state index in [9.17, 15) is 4.79 Å². The molecule has 1 fully saturated rings. The van der Waals surface area contributed by atoms with Crippen molar-refractivity contribution >= 4 is 23.1 Å². The molecule has 1 aliphatic heterocycles. The van der Waals surface area contributed by atoms with Crippen LogP contribution in [0.25, 0.3) is 0 Å². The molecule has 4 heteroatoms. The van der Waals surface area contributed by atoms with Crippen LogP contribution in [-0.4, -0.2) is 28.9 Å². The topological polar surface area (TPSA) is 46.3 Å². The zero-order chi connectivity index (χ0) is 11.5. The standard InChI is InChI=1S/C11H20N2OS/c1-3-11(4-2)5-6-13(8-11)10(14)7-9(12)15/h3-8H2,1-2H3,(H2,12,15). The highest BCUT2D eigenvalue weighted by molar-refractivity contribution is 7.80. The fourth-order valence-electron chi connectivity index (χ4n) is 2.24. The molecule has 1 saturated heterocycles. The molecule has 0 spiro atoms. The Labute approximate surface area is 97.0 Å². The highest BCUT2D eigenvalue weighted by atomic mass is 32.1. The summed E-state index contributed by atoms with van der Waals surface area (Å²) in [6.07, 6.45) is 3.61. The molecular weight excluding hydrogens is 208 g/mol. The van der Waals surface area contributed by atoms with Crippen LogP contribution in [0, 0.1) is 5.41 Å². The fourth-order valence-corrected chi connectivity index (χ4v) is 2.36. The average molecular weight is 228 g/mol. The van der Waals surface area contributed by atoms with E-state index in [0.29, 0.717) is 10.4 Å². The lowest BCUT2D eigenvalue weighted by atomic mass is 9.82. The predicted octanol–water partition coefficient (Wildman–Crippen LogP) is 1.70. The van der Waals surface area contributed by atoms with E-state index in [1.165, 1.54) is 0 Å². The Bertz CT molecular complexity index is 261. The summed E-state index contributed by atoms with van der Waals surface area (Å²) in [7, 11) is 0. The molecule has 0 unspecified atom stereocenters. The Morgan fingerprint density at radius 2 is 2.07 bits per heavy atom. The van der Waals surface area contributed by atoms with Crippen LogP contribution in [0.5, 0.6) is 0 Å². The first-order valence-corrected chi connectivity index (χ1v) is 6.00. The highest BCUT2D eigenvalue weighted by Gasteiger charge is 2.36. The maximum Gasteiger partial charge on any atom is 0.229 e. The van der Waals surface area contributed by atoms with Gasteiger partial charge in [0.1, 0.15) is 0 Å². The molecule has 15 heavy (non-hydrogen) atoms. The van der Waals surface area contributed by atoms with Crippen LogP contribution in [0.4, 0.5) is 0 Å². The van der Waals surface area contributed by atoms with Crippen LogP contribution in [0.1, 0.15) is 39.5 Å². The number of carbonyl (C=O) groups is 1. The van der Waals surface area contributed by atoms with Crippen LogP contribution >= 0.6 is 12.2 Å². The lowest BCUT2D eigenvalue weighted by Gasteiger charge is -2.26. The Kier molecular flexibility index (Phi) is 4.08. The van der Waals surface area contributed by atoms with Crippen molar-refractivity contribution in [3.63, 3.8) is 0 Å². The number of amides is 1. The number of nitrogens with two attached hydrogens (primary N) is 1. The van der Waals surface area contributed by atoms with Crippen LogP contribution in [0.3, 0.4) is 0 Å². The van der Waals surface area contributed by atoms with Gasteiger partial charge in [-0.3, -0.25) is 4.79 Å². The molecule has 0 aromatic heterocycles. The summed E-state index contributed by atoms with van der Waals surface area (Å²) in [6, 6.07) is 0. The summed E-state index contributed by atoms with van der Waals surface area (Å²) in [6.45, 7) is 6.14. The second-order valence-electron chi connectivity index (χ2n) is 4.42. The van der Waals surface area contributed by atoms with E-state index in [2.05, 4.69) is 13.8 Å². The predicted molar refractivity (Wildman–Crippen MR) is 65.6 cm³/mol. The van der Waals surface area contributed by atoms with Crippen molar-refractivity contribution in [3.8, 4) is 0 Å². The zero-order valence-electron chi connectivity index (χ0n) is 9.58. The first-order chi connectivity index (χ1) is 7.03. The lowest BCUT2D eigenvalue weighted by Crippen LogP contribution is -2.33. The van der Waals surface area contributed by atoms with Gasteiger partial charge >= 0.3 is 0 Å². The highest BCUT2D eigenvalue weighted by Crippen LogP contribution is 2.37. The van der Waals surface area contributed by atoms with Crippen LogP contribution in [0.2, 0.25) is 0 Å². The molecule has 0 radical (unpaired) electrons. The van der Waals surface area contributed by atoms with E-state index in [1.807, 2.05) is 4.90 Å². The molecule has 1 aliphatic rings. The van der Waals surface area contributed by atoms with E-state index >= 15 is 0 Å². The number of carbonyl (C=O) groups excluding carboxylic acids is 1. The molecule has 0 atom stereocenters. The molecular formula is C11H20N2OS. The van der Waals surface area contributed by atoms with Crippen molar-refractivity contribution in [2.45, 2.75) is 39.5 Å². The van der Waals surface area contributed by atoms with E-state index in [4.69, 9.17) is 18.0 Å². The van der Waals surface area contributed by atoms with Crippen molar-refractivity contribution in [1.29, 1.82) is 0 Å². The first kappa shape index (κ1) is 12.4. The van der Waals surface area contributed by atoms with Crippen LogP contribution in [-0.2, 0) is 4.79 Å². The summed E-state index contributed by atoms with van der Waals surface area (Å²) >= 11 is 4.75. The van der Waals surface area contributed by atoms with Crippen molar-refractivity contribution in [2.24, 2.45) is 11.1 Å². The Balaban J connectivity index is 2.55.